The van der Waals surface area contributed by atoms with Crippen LogP contribution in [0, 0.1) is 24.2 Å². The highest BCUT2D eigenvalue weighted by Crippen LogP contribution is 2.18. The van der Waals surface area contributed by atoms with Gasteiger partial charge in [-0.1, -0.05) is 12.8 Å². The van der Waals surface area contributed by atoms with E-state index in [1.54, 1.807) is 0 Å². The fourth-order valence-electron chi connectivity index (χ4n) is 1.86. The van der Waals surface area contributed by atoms with Gasteiger partial charge in [-0.25, -0.2) is 0 Å². The lowest BCUT2D eigenvalue weighted by molar-refractivity contribution is -0.146. The second kappa shape index (κ2) is 5.52. The summed E-state index contributed by atoms with van der Waals surface area (Å²) >= 11 is 0. The molecule has 0 radical (unpaired) electrons. The van der Waals surface area contributed by atoms with Gasteiger partial charge in [0.1, 0.15) is 6.54 Å². The van der Waals surface area contributed by atoms with Gasteiger partial charge >= 0.3 is 5.97 Å². The van der Waals surface area contributed by atoms with Crippen LogP contribution in [0.15, 0.2) is 0 Å². The molecule has 0 aromatic carbocycles. The van der Waals surface area contributed by atoms with Crippen LogP contribution in [0.2, 0.25) is 0 Å². The average Bonchev–Trinajstić information content (AvgIpc) is 2.62. The van der Waals surface area contributed by atoms with Crippen LogP contribution in [0.5, 0.6) is 0 Å². The summed E-state index contributed by atoms with van der Waals surface area (Å²) in [5.41, 5.74) is 0. The third-order valence-corrected chi connectivity index (χ3v) is 2.75. The predicted molar refractivity (Wildman–Crippen MR) is 58.6 cm³/mol. The van der Waals surface area contributed by atoms with Gasteiger partial charge in [-0.3, -0.25) is 9.59 Å². The number of aliphatic carboxylic acids is 1. The topological polar surface area (TPSA) is 69.6 Å². The molecule has 0 bridgehead atoms. The Balaban J connectivity index is 2.66. The first-order valence-corrected chi connectivity index (χ1v) is 5.21. The van der Waals surface area contributed by atoms with E-state index in [0.29, 0.717) is 6.54 Å². The molecule has 16 heavy (non-hydrogen) atoms. The van der Waals surface area contributed by atoms with Crippen LogP contribution in [-0.2, 0) is 9.59 Å². The highest BCUT2D eigenvalue weighted by Gasteiger charge is 2.33. The van der Waals surface area contributed by atoms with E-state index in [1.165, 1.54) is 4.90 Å². The molecule has 5 nitrogen and oxygen atoms in total. The van der Waals surface area contributed by atoms with Crippen LogP contribution in [0.4, 0.5) is 0 Å². The Morgan fingerprint density at radius 2 is 2.25 bits per heavy atom. The number of carboxylic acid groups (broad SMARTS) is 1. The molecule has 1 aliphatic heterocycles. The number of hydrogen-bond donors (Lipinski definition) is 2. The minimum Gasteiger partial charge on any atom is -0.480 e. The molecular formula is C11H16N2O3. The van der Waals surface area contributed by atoms with E-state index >= 15 is 0 Å². The molecule has 88 valence electrons. The summed E-state index contributed by atoms with van der Waals surface area (Å²) in [6.45, 7) is 3.08. The first-order chi connectivity index (χ1) is 7.56. The lowest BCUT2D eigenvalue weighted by Crippen LogP contribution is -2.41. The van der Waals surface area contributed by atoms with Crippen LogP contribution in [0.1, 0.15) is 6.92 Å². The first kappa shape index (κ1) is 12.5. The van der Waals surface area contributed by atoms with Crippen molar-refractivity contribution in [2.75, 3.05) is 26.2 Å². The minimum absolute atomic E-state index is 0.0500. The summed E-state index contributed by atoms with van der Waals surface area (Å²) in [6.07, 6.45) is 5.12. The molecule has 1 rings (SSSR count). The smallest absolute Gasteiger partial charge is 0.323 e. The van der Waals surface area contributed by atoms with Crippen molar-refractivity contribution < 1.29 is 14.7 Å². The normalized spacial score (nSPS) is 23.8. The van der Waals surface area contributed by atoms with Crippen LogP contribution in [-0.4, -0.2) is 48.1 Å². The molecule has 2 unspecified atom stereocenters. The van der Waals surface area contributed by atoms with Crippen molar-refractivity contribution in [2.24, 2.45) is 11.8 Å². The molecule has 1 fully saturated rings. The molecule has 1 heterocycles. The molecule has 1 saturated heterocycles. The van der Waals surface area contributed by atoms with Crippen molar-refractivity contribution in [2.45, 2.75) is 6.92 Å². The zero-order valence-electron chi connectivity index (χ0n) is 9.27. The SMILES string of the molecule is C#CCN(CC(=O)O)C(=O)C1CNCC1C. The van der Waals surface area contributed by atoms with Crippen LogP contribution in [0.25, 0.3) is 0 Å². The maximum atomic E-state index is 12.0. The van der Waals surface area contributed by atoms with Crippen LogP contribution < -0.4 is 5.32 Å². The van der Waals surface area contributed by atoms with Crippen molar-refractivity contribution in [1.82, 2.24) is 10.2 Å². The van der Waals surface area contributed by atoms with Gasteiger partial charge in [0.2, 0.25) is 5.91 Å². The largest absolute Gasteiger partial charge is 0.480 e. The first-order valence-electron chi connectivity index (χ1n) is 5.21. The molecule has 0 aromatic rings. The van der Waals surface area contributed by atoms with Gasteiger partial charge < -0.3 is 15.3 Å². The van der Waals surface area contributed by atoms with E-state index in [9.17, 15) is 9.59 Å². The molecule has 0 spiro atoms. The van der Waals surface area contributed by atoms with Crippen LogP contribution >= 0.6 is 0 Å². The van der Waals surface area contributed by atoms with E-state index in [1.807, 2.05) is 6.92 Å². The molecule has 0 aromatic heterocycles. The monoisotopic (exact) mass is 224 g/mol. The Hall–Kier alpha value is -1.54. The van der Waals surface area contributed by atoms with Crippen molar-refractivity contribution in [3.05, 3.63) is 0 Å². The summed E-state index contributed by atoms with van der Waals surface area (Å²) in [4.78, 5) is 23.8. The number of nitrogens with zero attached hydrogens (tertiary/aromatic N) is 1. The maximum Gasteiger partial charge on any atom is 0.323 e. The lowest BCUT2D eigenvalue weighted by atomic mass is 9.96. The molecule has 1 aliphatic rings. The summed E-state index contributed by atoms with van der Waals surface area (Å²) in [7, 11) is 0. The Bertz CT molecular complexity index is 322. The Morgan fingerprint density at radius 1 is 1.56 bits per heavy atom. The number of carboxylic acids is 1. The third-order valence-electron chi connectivity index (χ3n) is 2.75. The van der Waals surface area contributed by atoms with Crippen molar-refractivity contribution in [1.29, 1.82) is 0 Å². The van der Waals surface area contributed by atoms with Gasteiger partial charge in [0.15, 0.2) is 0 Å². The summed E-state index contributed by atoms with van der Waals surface area (Å²) in [5, 5.41) is 11.8. The number of terminal acetylenes is 1. The number of nitrogens with one attached hydrogen (secondary N) is 1. The third kappa shape index (κ3) is 2.97. The minimum atomic E-state index is -1.04. The van der Waals surface area contributed by atoms with E-state index in [-0.39, 0.29) is 30.8 Å². The number of amides is 1. The highest BCUT2D eigenvalue weighted by molar-refractivity contribution is 5.84. The van der Waals surface area contributed by atoms with Crippen molar-refractivity contribution in [3.8, 4) is 12.3 Å². The Labute approximate surface area is 94.8 Å². The molecule has 2 atom stereocenters. The number of carbonyl (C=O) groups is 2. The average molecular weight is 224 g/mol. The highest BCUT2D eigenvalue weighted by atomic mass is 16.4. The van der Waals surface area contributed by atoms with Gasteiger partial charge in [-0.2, -0.15) is 0 Å². The Morgan fingerprint density at radius 3 is 2.69 bits per heavy atom. The summed E-state index contributed by atoms with van der Waals surface area (Å²) in [6, 6.07) is 0. The van der Waals surface area contributed by atoms with E-state index in [4.69, 9.17) is 11.5 Å². The number of rotatable bonds is 4. The summed E-state index contributed by atoms with van der Waals surface area (Å²) in [5.74, 6) is 1.17. The standard InChI is InChI=1S/C11H16N2O3/c1-3-4-13(7-10(14)15)11(16)9-6-12-5-8(9)2/h1,8-9,12H,4-7H2,2H3,(H,14,15). The second-order valence-electron chi connectivity index (χ2n) is 4.03. The van der Waals surface area contributed by atoms with Crippen molar-refractivity contribution in [3.63, 3.8) is 0 Å². The van der Waals surface area contributed by atoms with E-state index in [2.05, 4.69) is 11.2 Å². The van der Waals surface area contributed by atoms with Gasteiger partial charge in [-0.15, -0.1) is 6.42 Å². The number of hydrogen-bond acceptors (Lipinski definition) is 3. The van der Waals surface area contributed by atoms with Crippen molar-refractivity contribution >= 4 is 11.9 Å². The molecule has 0 saturated carbocycles. The van der Waals surface area contributed by atoms with Gasteiger partial charge in [0, 0.05) is 6.54 Å². The molecule has 0 aliphatic carbocycles. The van der Waals surface area contributed by atoms with Crippen LogP contribution in [0.3, 0.4) is 0 Å². The van der Waals surface area contributed by atoms with E-state index < -0.39 is 5.97 Å². The predicted octanol–water partition coefficient (Wildman–Crippen LogP) is -0.612. The second-order valence-corrected chi connectivity index (χ2v) is 4.03. The fraction of sp³-hybridized carbons (Fsp3) is 0.636. The Kier molecular flexibility index (Phi) is 4.32. The zero-order valence-corrected chi connectivity index (χ0v) is 9.27. The molecule has 5 heteroatoms. The van der Waals surface area contributed by atoms with E-state index in [0.717, 1.165) is 6.54 Å². The summed E-state index contributed by atoms with van der Waals surface area (Å²) < 4.78 is 0. The lowest BCUT2D eigenvalue weighted by Gasteiger charge is -2.23. The number of carbonyl (C=O) groups excluding carboxylic acids is 1. The quantitative estimate of drug-likeness (QED) is 0.625. The van der Waals surface area contributed by atoms with Gasteiger partial charge in [-0.05, 0) is 12.5 Å². The molecular weight excluding hydrogens is 208 g/mol. The fourth-order valence-corrected chi connectivity index (χ4v) is 1.86. The zero-order chi connectivity index (χ0) is 12.1. The maximum absolute atomic E-state index is 12.0. The molecule has 1 amide bonds. The molecule has 2 N–H and O–H groups in total. The van der Waals surface area contributed by atoms with Gasteiger partial charge in [0.25, 0.3) is 0 Å². The van der Waals surface area contributed by atoms with Gasteiger partial charge in [0.05, 0.1) is 12.5 Å².